The minimum Gasteiger partial charge on any atom is -0.497 e. The Bertz CT molecular complexity index is 557. The first-order valence-electron chi connectivity index (χ1n) is 7.84. The van der Waals surface area contributed by atoms with Gasteiger partial charge in [0, 0.05) is 17.4 Å². The van der Waals surface area contributed by atoms with Crippen LogP contribution in [0.2, 0.25) is 0 Å². The van der Waals surface area contributed by atoms with Gasteiger partial charge in [0.2, 0.25) is 0 Å². The largest absolute Gasteiger partial charge is 0.497 e. The summed E-state index contributed by atoms with van der Waals surface area (Å²) in [5, 5.41) is 6.89. The van der Waals surface area contributed by atoms with Crippen molar-refractivity contribution in [3.05, 3.63) is 18.2 Å². The molecule has 0 aliphatic carbocycles. The van der Waals surface area contributed by atoms with Gasteiger partial charge >= 0.3 is 6.09 Å². The molecule has 2 unspecified atom stereocenters. The maximum absolute atomic E-state index is 12.0. The monoisotopic (exact) mass is 338 g/mol. The fourth-order valence-electron chi connectivity index (χ4n) is 2.41. The fourth-order valence-corrected chi connectivity index (χ4v) is 3.61. The van der Waals surface area contributed by atoms with E-state index in [1.54, 1.807) is 7.11 Å². The van der Waals surface area contributed by atoms with E-state index in [9.17, 15) is 4.79 Å². The van der Waals surface area contributed by atoms with Crippen molar-refractivity contribution < 1.29 is 14.3 Å². The van der Waals surface area contributed by atoms with Crippen LogP contribution in [-0.2, 0) is 4.74 Å². The van der Waals surface area contributed by atoms with E-state index in [0.717, 1.165) is 23.6 Å². The number of nitrogens with one attached hydrogen (secondary N) is 2. The normalized spacial score (nSPS) is 20.9. The summed E-state index contributed by atoms with van der Waals surface area (Å²) < 4.78 is 10.6. The van der Waals surface area contributed by atoms with Crippen molar-refractivity contribution in [1.82, 2.24) is 0 Å². The Balaban J connectivity index is 2.15. The van der Waals surface area contributed by atoms with Gasteiger partial charge in [0.15, 0.2) is 0 Å². The van der Waals surface area contributed by atoms with E-state index in [1.807, 2.05) is 50.7 Å². The molecular formula is C17H26N2O3S. The summed E-state index contributed by atoms with van der Waals surface area (Å²) in [5.41, 5.74) is 1.03. The molecule has 6 heteroatoms. The second-order valence-electron chi connectivity index (χ2n) is 6.65. The van der Waals surface area contributed by atoms with E-state index in [0.29, 0.717) is 17.0 Å². The second-order valence-corrected chi connectivity index (χ2v) is 8.14. The predicted octanol–water partition coefficient (Wildman–Crippen LogP) is 4.35. The molecule has 0 bridgehead atoms. The zero-order valence-corrected chi connectivity index (χ0v) is 15.3. The average molecular weight is 338 g/mol. The van der Waals surface area contributed by atoms with Crippen molar-refractivity contribution in [1.29, 1.82) is 0 Å². The van der Waals surface area contributed by atoms with Gasteiger partial charge in [-0.15, -0.1) is 0 Å². The summed E-state index contributed by atoms with van der Waals surface area (Å²) >= 11 is 1.96. The molecule has 1 aliphatic rings. The van der Waals surface area contributed by atoms with E-state index in [4.69, 9.17) is 9.47 Å². The van der Waals surface area contributed by atoms with Gasteiger partial charge in [-0.25, -0.2) is 4.79 Å². The molecule has 5 nitrogen and oxygen atoms in total. The second kappa shape index (κ2) is 7.34. The number of thioether (sulfide) groups is 1. The van der Waals surface area contributed by atoms with Gasteiger partial charge in [-0.05, 0) is 45.1 Å². The molecular weight excluding hydrogens is 312 g/mol. The first-order chi connectivity index (χ1) is 10.8. The quantitative estimate of drug-likeness (QED) is 0.855. The summed E-state index contributed by atoms with van der Waals surface area (Å²) in [4.78, 5) is 12.0. The summed E-state index contributed by atoms with van der Waals surface area (Å²) in [6.07, 6.45) is 0.647. The Morgan fingerprint density at radius 3 is 2.61 bits per heavy atom. The molecule has 2 atom stereocenters. The number of anilines is 2. The SMILES string of the molecule is COc1ccc(NC(=O)OC(C)(C)C)c(NC2CCSC2C)c1. The van der Waals surface area contributed by atoms with Crippen molar-refractivity contribution in [3.8, 4) is 5.75 Å². The summed E-state index contributed by atoms with van der Waals surface area (Å²) in [5.74, 6) is 1.90. The molecule has 0 saturated carbocycles. The van der Waals surface area contributed by atoms with Gasteiger partial charge in [-0.2, -0.15) is 11.8 Å². The molecule has 0 radical (unpaired) electrons. The highest BCUT2D eigenvalue weighted by Gasteiger charge is 2.25. The van der Waals surface area contributed by atoms with Crippen molar-refractivity contribution in [2.24, 2.45) is 0 Å². The fraction of sp³-hybridized carbons (Fsp3) is 0.588. The van der Waals surface area contributed by atoms with Crippen LogP contribution in [0.1, 0.15) is 34.1 Å². The lowest BCUT2D eigenvalue weighted by molar-refractivity contribution is 0.0636. The number of ether oxygens (including phenoxy) is 2. The van der Waals surface area contributed by atoms with E-state index in [-0.39, 0.29) is 0 Å². The number of carbonyl (C=O) groups is 1. The first-order valence-corrected chi connectivity index (χ1v) is 8.89. The Morgan fingerprint density at radius 2 is 2.04 bits per heavy atom. The number of benzene rings is 1. The summed E-state index contributed by atoms with van der Waals surface area (Å²) in [6, 6.07) is 5.94. The number of rotatable bonds is 4. The van der Waals surface area contributed by atoms with E-state index < -0.39 is 11.7 Å². The molecule has 23 heavy (non-hydrogen) atoms. The minimum absolute atomic E-state index is 0.381. The van der Waals surface area contributed by atoms with E-state index in [1.165, 1.54) is 0 Å². The van der Waals surface area contributed by atoms with Crippen molar-refractivity contribution >= 4 is 29.2 Å². The number of hydrogen-bond donors (Lipinski definition) is 2. The number of hydrogen-bond acceptors (Lipinski definition) is 5. The van der Waals surface area contributed by atoms with Crippen molar-refractivity contribution in [3.63, 3.8) is 0 Å². The van der Waals surface area contributed by atoms with Crippen LogP contribution in [-0.4, -0.2) is 35.8 Å². The first kappa shape index (κ1) is 17.8. The van der Waals surface area contributed by atoms with Gasteiger partial charge in [0.1, 0.15) is 11.4 Å². The van der Waals surface area contributed by atoms with Crippen LogP contribution in [0.4, 0.5) is 16.2 Å². The third-order valence-electron chi connectivity index (χ3n) is 3.58. The number of carbonyl (C=O) groups excluding carboxylic acids is 1. The molecule has 1 aromatic rings. The topological polar surface area (TPSA) is 59.6 Å². The molecule has 1 aliphatic heterocycles. The maximum atomic E-state index is 12.0. The zero-order chi connectivity index (χ0) is 17.0. The smallest absolute Gasteiger partial charge is 0.412 e. The third kappa shape index (κ3) is 5.23. The number of amides is 1. The number of methoxy groups -OCH3 is 1. The van der Waals surface area contributed by atoms with Crippen LogP contribution < -0.4 is 15.4 Å². The van der Waals surface area contributed by atoms with Gasteiger partial charge < -0.3 is 14.8 Å². The lowest BCUT2D eigenvalue weighted by atomic mass is 10.1. The zero-order valence-electron chi connectivity index (χ0n) is 14.4. The van der Waals surface area contributed by atoms with Gasteiger partial charge in [0.05, 0.1) is 18.5 Å². The van der Waals surface area contributed by atoms with Crippen LogP contribution in [0.5, 0.6) is 5.75 Å². The molecule has 1 amide bonds. The molecule has 2 N–H and O–H groups in total. The Kier molecular flexibility index (Phi) is 5.68. The standard InChI is InChI=1S/C17H26N2O3S/c1-11-13(8-9-23-11)18-15-10-12(21-5)6-7-14(15)19-16(20)22-17(2,3)4/h6-7,10-11,13,18H,8-9H2,1-5H3,(H,19,20). The summed E-state index contributed by atoms with van der Waals surface area (Å²) in [6.45, 7) is 7.75. The molecule has 1 saturated heterocycles. The molecule has 2 rings (SSSR count). The minimum atomic E-state index is -0.527. The van der Waals surface area contributed by atoms with E-state index >= 15 is 0 Å². The van der Waals surface area contributed by atoms with Crippen LogP contribution >= 0.6 is 11.8 Å². The predicted molar refractivity (Wildman–Crippen MR) is 96.8 cm³/mol. The maximum Gasteiger partial charge on any atom is 0.412 e. The molecule has 1 aromatic carbocycles. The van der Waals surface area contributed by atoms with E-state index in [2.05, 4.69) is 17.6 Å². The highest BCUT2D eigenvalue weighted by atomic mass is 32.2. The Labute approximate surface area is 142 Å². The van der Waals surface area contributed by atoms with Gasteiger partial charge in [-0.1, -0.05) is 6.92 Å². The van der Waals surface area contributed by atoms with Crippen LogP contribution in [0.25, 0.3) is 0 Å². The molecule has 0 aromatic heterocycles. The molecule has 0 spiro atoms. The third-order valence-corrected chi connectivity index (χ3v) is 4.91. The lowest BCUT2D eigenvalue weighted by Gasteiger charge is -2.23. The molecule has 1 heterocycles. The van der Waals surface area contributed by atoms with Crippen LogP contribution in [0.15, 0.2) is 18.2 Å². The highest BCUT2D eigenvalue weighted by Crippen LogP contribution is 2.33. The van der Waals surface area contributed by atoms with Crippen molar-refractivity contribution in [2.45, 2.75) is 51.0 Å². The van der Waals surface area contributed by atoms with Crippen LogP contribution in [0, 0.1) is 0 Å². The van der Waals surface area contributed by atoms with Crippen LogP contribution in [0.3, 0.4) is 0 Å². The molecule has 128 valence electrons. The van der Waals surface area contributed by atoms with Crippen molar-refractivity contribution in [2.75, 3.05) is 23.5 Å². The average Bonchev–Trinajstić information content (AvgIpc) is 2.84. The molecule has 1 fully saturated rings. The van der Waals surface area contributed by atoms with Gasteiger partial charge in [0.25, 0.3) is 0 Å². The Morgan fingerprint density at radius 1 is 1.30 bits per heavy atom. The Hall–Kier alpha value is -1.56. The summed E-state index contributed by atoms with van der Waals surface area (Å²) in [7, 11) is 1.63. The highest BCUT2D eigenvalue weighted by molar-refractivity contribution is 8.00. The lowest BCUT2D eigenvalue weighted by Crippen LogP contribution is -2.28. The van der Waals surface area contributed by atoms with Gasteiger partial charge in [-0.3, -0.25) is 5.32 Å².